The van der Waals surface area contributed by atoms with Crippen molar-refractivity contribution in [3.8, 4) is 11.5 Å². The normalized spacial score (nSPS) is 9.97. The zero-order valence-corrected chi connectivity index (χ0v) is 15.8. The maximum Gasteiger partial charge on any atom is 0.344 e. The van der Waals surface area contributed by atoms with Crippen molar-refractivity contribution in [1.82, 2.24) is 0 Å². The van der Waals surface area contributed by atoms with Crippen LogP contribution in [-0.4, -0.2) is 37.1 Å². The van der Waals surface area contributed by atoms with Crippen molar-refractivity contribution in [2.24, 2.45) is 0 Å². The maximum atomic E-state index is 11.8. The molecule has 152 valence electrons. The summed E-state index contributed by atoms with van der Waals surface area (Å²) in [5.41, 5.74) is 1.03. The van der Waals surface area contributed by atoms with Gasteiger partial charge < -0.3 is 19.5 Å². The van der Waals surface area contributed by atoms with Crippen molar-refractivity contribution >= 4 is 23.3 Å². The molecule has 9 heteroatoms. The Kier molecular flexibility index (Phi) is 7.72. The van der Waals surface area contributed by atoms with Crippen LogP contribution in [0.4, 0.5) is 11.4 Å². The molecule has 0 heterocycles. The number of carbonyl (C=O) groups is 2. The van der Waals surface area contributed by atoms with Gasteiger partial charge in [0.1, 0.15) is 0 Å². The van der Waals surface area contributed by atoms with E-state index in [1.54, 1.807) is 18.2 Å². The van der Waals surface area contributed by atoms with Crippen LogP contribution in [0.1, 0.15) is 5.56 Å². The molecule has 0 fully saturated rings. The fraction of sp³-hybridized carbons (Fsp3) is 0.200. The lowest BCUT2D eigenvalue weighted by Crippen LogP contribution is -2.23. The molecule has 0 saturated heterocycles. The SMILES string of the molecule is C=CCc1ccc(OCC(=O)OCC(=O)Nc2cccc([N+](=O)[O-])c2)c(OC)c1. The first-order valence-electron chi connectivity index (χ1n) is 8.53. The van der Waals surface area contributed by atoms with Crippen LogP contribution in [-0.2, 0) is 20.7 Å². The average Bonchev–Trinajstić information content (AvgIpc) is 2.71. The fourth-order valence-corrected chi connectivity index (χ4v) is 2.34. The van der Waals surface area contributed by atoms with Gasteiger partial charge in [0, 0.05) is 17.8 Å². The summed E-state index contributed by atoms with van der Waals surface area (Å²) in [7, 11) is 1.48. The van der Waals surface area contributed by atoms with Gasteiger partial charge in [-0.05, 0) is 30.2 Å². The summed E-state index contributed by atoms with van der Waals surface area (Å²) in [5.74, 6) is -0.569. The Morgan fingerprint density at radius 2 is 1.97 bits per heavy atom. The molecule has 0 aliphatic heterocycles. The number of carbonyl (C=O) groups excluding carboxylic acids is 2. The molecule has 0 spiro atoms. The highest BCUT2D eigenvalue weighted by Crippen LogP contribution is 2.28. The van der Waals surface area contributed by atoms with E-state index in [4.69, 9.17) is 14.2 Å². The van der Waals surface area contributed by atoms with E-state index < -0.39 is 30.0 Å². The Morgan fingerprint density at radius 3 is 2.66 bits per heavy atom. The number of esters is 1. The molecule has 29 heavy (non-hydrogen) atoms. The summed E-state index contributed by atoms with van der Waals surface area (Å²) in [6, 6.07) is 10.7. The van der Waals surface area contributed by atoms with Crippen molar-refractivity contribution in [1.29, 1.82) is 0 Å². The number of nitro groups is 1. The Morgan fingerprint density at radius 1 is 1.17 bits per heavy atom. The van der Waals surface area contributed by atoms with Gasteiger partial charge in [0.15, 0.2) is 24.7 Å². The van der Waals surface area contributed by atoms with Gasteiger partial charge in [0.25, 0.3) is 11.6 Å². The van der Waals surface area contributed by atoms with Gasteiger partial charge in [-0.25, -0.2) is 4.79 Å². The smallest absolute Gasteiger partial charge is 0.344 e. The minimum atomic E-state index is -0.753. The van der Waals surface area contributed by atoms with E-state index in [2.05, 4.69) is 11.9 Å². The predicted molar refractivity (Wildman–Crippen MR) is 105 cm³/mol. The quantitative estimate of drug-likeness (QED) is 0.282. The number of nitrogens with one attached hydrogen (secondary N) is 1. The second-order valence-corrected chi connectivity index (χ2v) is 5.78. The third kappa shape index (κ3) is 6.65. The Bertz CT molecular complexity index is 911. The third-order valence-electron chi connectivity index (χ3n) is 3.66. The van der Waals surface area contributed by atoms with Gasteiger partial charge in [-0.1, -0.05) is 18.2 Å². The molecule has 0 aliphatic rings. The number of nitrogens with zero attached hydrogens (tertiary/aromatic N) is 1. The van der Waals surface area contributed by atoms with Gasteiger partial charge in [-0.15, -0.1) is 6.58 Å². The number of nitro benzene ring substituents is 1. The molecule has 2 rings (SSSR count). The molecule has 0 aromatic heterocycles. The predicted octanol–water partition coefficient (Wildman–Crippen LogP) is 2.89. The molecular formula is C20H20N2O7. The van der Waals surface area contributed by atoms with E-state index in [1.807, 2.05) is 6.07 Å². The van der Waals surface area contributed by atoms with Crippen LogP contribution in [0, 0.1) is 10.1 Å². The second-order valence-electron chi connectivity index (χ2n) is 5.78. The highest BCUT2D eigenvalue weighted by Gasteiger charge is 2.12. The van der Waals surface area contributed by atoms with E-state index in [-0.39, 0.29) is 11.4 Å². The first kappa shape index (κ1) is 21.4. The average molecular weight is 400 g/mol. The topological polar surface area (TPSA) is 117 Å². The zero-order valence-electron chi connectivity index (χ0n) is 15.8. The number of amides is 1. The summed E-state index contributed by atoms with van der Waals surface area (Å²) < 4.78 is 15.5. The lowest BCUT2D eigenvalue weighted by atomic mass is 10.1. The number of allylic oxidation sites excluding steroid dienone is 1. The van der Waals surface area contributed by atoms with Crippen LogP contribution >= 0.6 is 0 Å². The molecule has 0 atom stereocenters. The molecule has 1 amide bonds. The van der Waals surface area contributed by atoms with E-state index in [0.717, 1.165) is 5.56 Å². The Labute approximate surface area is 167 Å². The maximum absolute atomic E-state index is 11.8. The summed E-state index contributed by atoms with van der Waals surface area (Å²) in [5, 5.41) is 13.1. The van der Waals surface area contributed by atoms with Crippen LogP contribution in [0.25, 0.3) is 0 Å². The number of hydrogen-bond acceptors (Lipinski definition) is 7. The summed E-state index contributed by atoms with van der Waals surface area (Å²) >= 11 is 0. The van der Waals surface area contributed by atoms with Crippen molar-refractivity contribution in [2.45, 2.75) is 6.42 Å². The van der Waals surface area contributed by atoms with Gasteiger partial charge in [-0.2, -0.15) is 0 Å². The Balaban J connectivity index is 1.82. The molecule has 9 nitrogen and oxygen atoms in total. The van der Waals surface area contributed by atoms with Gasteiger partial charge in [-0.3, -0.25) is 14.9 Å². The summed E-state index contributed by atoms with van der Waals surface area (Å²) in [6.07, 6.45) is 2.42. The molecule has 0 aliphatic carbocycles. The van der Waals surface area contributed by atoms with Crippen molar-refractivity contribution in [2.75, 3.05) is 25.6 Å². The van der Waals surface area contributed by atoms with Gasteiger partial charge in [0.05, 0.1) is 12.0 Å². The third-order valence-corrected chi connectivity index (χ3v) is 3.66. The monoisotopic (exact) mass is 400 g/mol. The van der Waals surface area contributed by atoms with Crippen molar-refractivity contribution < 1.29 is 28.7 Å². The standard InChI is InChI=1S/C20H20N2O7/c1-3-5-14-8-9-17(18(10-14)27-2)28-13-20(24)29-12-19(23)21-15-6-4-7-16(11-15)22(25)26/h3-4,6-11H,1,5,12-13H2,2H3,(H,21,23). The van der Waals surface area contributed by atoms with Crippen LogP contribution in [0.3, 0.4) is 0 Å². The minimum Gasteiger partial charge on any atom is -0.493 e. The molecule has 2 aromatic carbocycles. The fourth-order valence-electron chi connectivity index (χ4n) is 2.34. The first-order valence-corrected chi connectivity index (χ1v) is 8.53. The number of hydrogen-bond donors (Lipinski definition) is 1. The summed E-state index contributed by atoms with van der Waals surface area (Å²) in [4.78, 5) is 33.8. The molecular weight excluding hydrogens is 380 g/mol. The molecule has 2 aromatic rings. The molecule has 0 saturated carbocycles. The van der Waals surface area contributed by atoms with Gasteiger partial charge >= 0.3 is 5.97 Å². The largest absolute Gasteiger partial charge is 0.493 e. The molecule has 1 N–H and O–H groups in total. The molecule has 0 bridgehead atoms. The lowest BCUT2D eigenvalue weighted by Gasteiger charge is -2.11. The number of anilines is 1. The highest BCUT2D eigenvalue weighted by molar-refractivity contribution is 5.93. The number of benzene rings is 2. The number of rotatable bonds is 10. The van der Waals surface area contributed by atoms with E-state index in [9.17, 15) is 19.7 Å². The van der Waals surface area contributed by atoms with Crippen LogP contribution in [0.2, 0.25) is 0 Å². The first-order chi connectivity index (χ1) is 13.9. The zero-order chi connectivity index (χ0) is 21.2. The molecule has 0 unspecified atom stereocenters. The second kappa shape index (κ2) is 10.5. The van der Waals surface area contributed by atoms with Crippen molar-refractivity contribution in [3.63, 3.8) is 0 Å². The van der Waals surface area contributed by atoms with Crippen LogP contribution < -0.4 is 14.8 Å². The van der Waals surface area contributed by atoms with E-state index >= 15 is 0 Å². The van der Waals surface area contributed by atoms with E-state index in [1.165, 1.54) is 31.4 Å². The molecule has 0 radical (unpaired) electrons. The van der Waals surface area contributed by atoms with Crippen molar-refractivity contribution in [3.05, 3.63) is 70.8 Å². The lowest BCUT2D eigenvalue weighted by molar-refractivity contribution is -0.384. The highest BCUT2D eigenvalue weighted by atomic mass is 16.6. The van der Waals surface area contributed by atoms with Crippen LogP contribution in [0.15, 0.2) is 55.1 Å². The minimum absolute atomic E-state index is 0.166. The number of methoxy groups -OCH3 is 1. The van der Waals surface area contributed by atoms with Crippen LogP contribution in [0.5, 0.6) is 11.5 Å². The number of ether oxygens (including phenoxy) is 3. The van der Waals surface area contributed by atoms with Gasteiger partial charge in [0.2, 0.25) is 0 Å². The summed E-state index contributed by atoms with van der Waals surface area (Å²) in [6.45, 7) is 2.70. The Hall–Kier alpha value is -3.88. The van der Waals surface area contributed by atoms with E-state index in [0.29, 0.717) is 17.9 Å². The number of non-ortho nitro benzene ring substituents is 1.